The maximum atomic E-state index is 2.24. The number of rotatable bonds is 0. The fourth-order valence-electron chi connectivity index (χ4n) is 1.13. The Kier molecular flexibility index (Phi) is 15.7. The third-order valence-electron chi connectivity index (χ3n) is 2.18. The first-order valence-electron chi connectivity index (χ1n) is 3.33. The van der Waals surface area contributed by atoms with Gasteiger partial charge in [0.25, 0.3) is 0 Å². The molecule has 0 saturated carbocycles. The van der Waals surface area contributed by atoms with Crippen molar-refractivity contribution in [2.75, 3.05) is 0 Å². The van der Waals surface area contributed by atoms with Gasteiger partial charge in [0.1, 0.15) is 0 Å². The molecule has 0 nitrogen and oxygen atoms in total. The topological polar surface area (TPSA) is 0 Å². The van der Waals surface area contributed by atoms with Crippen LogP contribution in [0.5, 0.6) is 0 Å². The molecule has 1 heteroatoms. The molecule has 13 heavy (non-hydrogen) atoms. The third kappa shape index (κ3) is 4.85. The molecule has 0 unspecified atom stereocenters. The maximum absolute atomic E-state index is 2.24. The van der Waals surface area contributed by atoms with Crippen LogP contribution in [0.3, 0.4) is 0 Å². The zero-order chi connectivity index (χ0) is 7.02. The third-order valence-corrected chi connectivity index (χ3v) is 2.18. The fraction of sp³-hybridized carbons (Fsp3) is 0.333. The van der Waals surface area contributed by atoms with Crippen LogP contribution in [0.2, 0.25) is 0 Å². The number of hydrogen-bond acceptors (Lipinski definition) is 0. The van der Waals surface area contributed by atoms with Gasteiger partial charge >= 0.3 is 25.8 Å². The minimum Gasteiger partial charge on any atom is -0.358 e. The standard InChI is InChI=1S/C9H13.3CH3.Hf/c1-6-5-7(2)9(4)8(6)3;;;;/h5H,1-4H3;3*1H3;/q4*-1;+4. The summed E-state index contributed by atoms with van der Waals surface area (Å²) in [7, 11) is 0. The summed E-state index contributed by atoms with van der Waals surface area (Å²) in [5.74, 6) is 0. The molecule has 0 aliphatic carbocycles. The van der Waals surface area contributed by atoms with E-state index >= 15 is 0 Å². The Morgan fingerprint density at radius 3 is 1.00 bits per heavy atom. The first-order chi connectivity index (χ1) is 4.13. The maximum Gasteiger partial charge on any atom is 4.00 e. The van der Waals surface area contributed by atoms with E-state index in [0.717, 1.165) is 0 Å². The van der Waals surface area contributed by atoms with Crippen molar-refractivity contribution in [3.63, 3.8) is 0 Å². The van der Waals surface area contributed by atoms with Crippen LogP contribution in [0, 0.1) is 50.0 Å². The smallest absolute Gasteiger partial charge is 0.358 e. The van der Waals surface area contributed by atoms with Crippen molar-refractivity contribution in [1.82, 2.24) is 0 Å². The Balaban J connectivity index is -0.000000101. The van der Waals surface area contributed by atoms with Crippen LogP contribution in [-0.4, -0.2) is 0 Å². The average molecular weight is 345 g/mol. The van der Waals surface area contributed by atoms with Gasteiger partial charge in [-0.25, -0.2) is 0 Å². The fourth-order valence-corrected chi connectivity index (χ4v) is 1.13. The van der Waals surface area contributed by atoms with Gasteiger partial charge in [0, 0.05) is 0 Å². The van der Waals surface area contributed by atoms with Crippen LogP contribution in [0.15, 0.2) is 6.07 Å². The van der Waals surface area contributed by atoms with Crippen LogP contribution in [0.25, 0.3) is 0 Å². The summed E-state index contributed by atoms with van der Waals surface area (Å²) in [6.45, 7) is 8.68. The molecule has 0 aromatic heterocycles. The second-order valence-electron chi connectivity index (χ2n) is 2.76. The molecule has 0 spiro atoms. The van der Waals surface area contributed by atoms with Gasteiger partial charge in [-0.3, -0.25) is 0 Å². The molecule has 0 amide bonds. The molecule has 74 valence electrons. The molecule has 0 aliphatic rings. The Morgan fingerprint density at radius 2 is 0.923 bits per heavy atom. The van der Waals surface area contributed by atoms with Gasteiger partial charge in [-0.1, -0.05) is 27.7 Å². The normalized spacial score (nSPS) is 7.08. The van der Waals surface area contributed by atoms with Crippen LogP contribution in [0.1, 0.15) is 22.3 Å². The van der Waals surface area contributed by atoms with E-state index in [1.54, 1.807) is 0 Å². The Morgan fingerprint density at radius 1 is 0.692 bits per heavy atom. The summed E-state index contributed by atoms with van der Waals surface area (Å²) in [6.07, 6.45) is 0. The quantitative estimate of drug-likeness (QED) is 0.493. The second kappa shape index (κ2) is 8.80. The van der Waals surface area contributed by atoms with Gasteiger partial charge in [-0.05, 0) is 0 Å². The van der Waals surface area contributed by atoms with E-state index in [9.17, 15) is 0 Å². The van der Waals surface area contributed by atoms with E-state index < -0.39 is 0 Å². The van der Waals surface area contributed by atoms with E-state index in [1.165, 1.54) is 22.3 Å². The average Bonchev–Trinajstić information content (AvgIpc) is 1.98. The van der Waals surface area contributed by atoms with Crippen LogP contribution < -0.4 is 0 Å². The van der Waals surface area contributed by atoms with E-state index in [2.05, 4.69) is 33.8 Å². The van der Waals surface area contributed by atoms with Crippen molar-refractivity contribution >= 4 is 0 Å². The van der Waals surface area contributed by atoms with Crippen LogP contribution in [0.4, 0.5) is 0 Å². The van der Waals surface area contributed by atoms with E-state index in [1.807, 2.05) is 0 Å². The molecule has 1 rings (SSSR count). The molecule has 0 aliphatic heterocycles. The first kappa shape index (κ1) is 23.2. The van der Waals surface area contributed by atoms with Gasteiger partial charge in [0.05, 0.1) is 0 Å². The van der Waals surface area contributed by atoms with Gasteiger partial charge < -0.3 is 22.3 Å². The predicted octanol–water partition coefficient (Wildman–Crippen LogP) is 3.99. The Hall–Kier alpha value is 0.220. The molecule has 0 N–H and O–H groups in total. The molecular weight excluding hydrogens is 323 g/mol. The van der Waals surface area contributed by atoms with E-state index in [0.29, 0.717) is 0 Å². The molecule has 0 heterocycles. The first-order valence-corrected chi connectivity index (χ1v) is 3.33. The van der Waals surface area contributed by atoms with E-state index in [-0.39, 0.29) is 48.1 Å². The van der Waals surface area contributed by atoms with Crippen LogP contribution in [-0.2, 0) is 25.8 Å². The van der Waals surface area contributed by atoms with Gasteiger partial charge in [0.2, 0.25) is 0 Å². The van der Waals surface area contributed by atoms with Crippen molar-refractivity contribution in [2.24, 2.45) is 0 Å². The predicted molar refractivity (Wildman–Crippen MR) is 60.2 cm³/mol. The minimum atomic E-state index is 0. The van der Waals surface area contributed by atoms with Crippen molar-refractivity contribution < 1.29 is 25.8 Å². The molecule has 0 saturated heterocycles. The summed E-state index contributed by atoms with van der Waals surface area (Å²) in [5, 5.41) is 0. The largest absolute Gasteiger partial charge is 4.00 e. The molecule has 0 bridgehead atoms. The molecule has 0 radical (unpaired) electrons. The van der Waals surface area contributed by atoms with Crippen molar-refractivity contribution in [3.8, 4) is 0 Å². The van der Waals surface area contributed by atoms with E-state index in [4.69, 9.17) is 0 Å². The van der Waals surface area contributed by atoms with Crippen molar-refractivity contribution in [3.05, 3.63) is 50.6 Å². The molecule has 0 fully saturated rings. The zero-order valence-corrected chi connectivity index (χ0v) is 13.7. The Labute approximate surface area is 104 Å². The summed E-state index contributed by atoms with van der Waals surface area (Å²) in [4.78, 5) is 0. The van der Waals surface area contributed by atoms with Gasteiger partial charge in [0.15, 0.2) is 0 Å². The Bertz CT molecular complexity index is 199. The van der Waals surface area contributed by atoms with Crippen molar-refractivity contribution in [1.29, 1.82) is 0 Å². The summed E-state index contributed by atoms with van der Waals surface area (Å²) in [5.41, 5.74) is 5.75. The minimum absolute atomic E-state index is 0. The number of aryl methyl sites for hydroxylation is 2. The summed E-state index contributed by atoms with van der Waals surface area (Å²) >= 11 is 0. The molecule has 0 atom stereocenters. The zero-order valence-electron chi connectivity index (χ0n) is 10.1. The SMILES string of the molecule is Cc1[cH-]c(C)c(C)c1C.[CH3-].[CH3-].[CH3-].[Hf+4]. The van der Waals surface area contributed by atoms with Gasteiger partial charge in [-0.15, -0.1) is 0 Å². The second-order valence-corrected chi connectivity index (χ2v) is 2.76. The van der Waals surface area contributed by atoms with Crippen LogP contribution >= 0.6 is 0 Å². The molecule has 1 aromatic rings. The molecule has 1 aromatic carbocycles. The van der Waals surface area contributed by atoms with Gasteiger partial charge in [-0.2, -0.15) is 28.3 Å². The summed E-state index contributed by atoms with van der Waals surface area (Å²) < 4.78 is 0. The monoisotopic (exact) mass is 346 g/mol. The van der Waals surface area contributed by atoms with Crippen molar-refractivity contribution in [2.45, 2.75) is 27.7 Å². The number of hydrogen-bond donors (Lipinski definition) is 0. The summed E-state index contributed by atoms with van der Waals surface area (Å²) in [6, 6.07) is 2.24. The molecular formula is C12H22Hf.